The minimum atomic E-state index is 0.345. The highest BCUT2D eigenvalue weighted by Gasteiger charge is 2.25. The zero-order valence-electron chi connectivity index (χ0n) is 10.4. The Hall–Kier alpha value is -0.330. The fourth-order valence-electron chi connectivity index (χ4n) is 2.94. The Morgan fingerprint density at radius 1 is 1.20 bits per heavy atom. The normalized spacial score (nSPS) is 28.7. The maximum atomic E-state index is 10.9. The van der Waals surface area contributed by atoms with Crippen LogP contribution in [-0.4, -0.2) is 6.29 Å². The van der Waals surface area contributed by atoms with Crippen LogP contribution < -0.4 is 0 Å². The molecule has 1 nitrogen and oxygen atoms in total. The van der Waals surface area contributed by atoms with Crippen molar-refractivity contribution in [3.63, 3.8) is 0 Å². The molecule has 0 saturated heterocycles. The Morgan fingerprint density at radius 2 is 1.87 bits per heavy atom. The molecule has 0 spiro atoms. The lowest BCUT2D eigenvalue weighted by atomic mass is 9.74. The number of aldehydes is 1. The number of hydrogen-bond donors (Lipinski definition) is 0. The van der Waals surface area contributed by atoms with Gasteiger partial charge >= 0.3 is 0 Å². The van der Waals surface area contributed by atoms with E-state index in [0.29, 0.717) is 11.8 Å². The summed E-state index contributed by atoms with van der Waals surface area (Å²) < 4.78 is 0. The third-order valence-electron chi connectivity index (χ3n) is 4.11. The molecule has 1 rings (SSSR count). The molecule has 0 aliphatic heterocycles. The lowest BCUT2D eigenvalue weighted by Gasteiger charge is -2.31. The van der Waals surface area contributed by atoms with E-state index in [1.54, 1.807) is 0 Å². The first-order valence-electron chi connectivity index (χ1n) is 6.77. The average Bonchev–Trinajstić information content (AvgIpc) is 2.29. The van der Waals surface area contributed by atoms with E-state index in [0.717, 1.165) is 12.3 Å². The zero-order chi connectivity index (χ0) is 11.1. The molecule has 0 aromatic carbocycles. The zero-order valence-corrected chi connectivity index (χ0v) is 10.4. The lowest BCUT2D eigenvalue weighted by Crippen LogP contribution is -2.22. The molecular formula is C14H26O. The van der Waals surface area contributed by atoms with E-state index >= 15 is 0 Å². The molecule has 1 atom stereocenters. The van der Waals surface area contributed by atoms with Crippen LogP contribution in [0.25, 0.3) is 0 Å². The molecule has 1 aliphatic carbocycles. The van der Waals surface area contributed by atoms with Crippen molar-refractivity contribution in [2.24, 2.45) is 17.8 Å². The average molecular weight is 210 g/mol. The second-order valence-electron chi connectivity index (χ2n) is 5.13. The topological polar surface area (TPSA) is 17.1 Å². The highest BCUT2D eigenvalue weighted by Crippen LogP contribution is 2.35. The summed E-state index contributed by atoms with van der Waals surface area (Å²) >= 11 is 0. The minimum absolute atomic E-state index is 0.345. The Labute approximate surface area is 94.6 Å². The summed E-state index contributed by atoms with van der Waals surface area (Å²) in [6.07, 6.45) is 11.7. The van der Waals surface area contributed by atoms with Gasteiger partial charge in [0.1, 0.15) is 6.29 Å². The maximum Gasteiger partial charge on any atom is 0.123 e. The van der Waals surface area contributed by atoms with Gasteiger partial charge in [-0.2, -0.15) is 0 Å². The summed E-state index contributed by atoms with van der Waals surface area (Å²) in [6, 6.07) is 0. The number of rotatable bonds is 6. The Bertz CT molecular complexity index is 168. The minimum Gasteiger partial charge on any atom is -0.303 e. The fourth-order valence-corrected chi connectivity index (χ4v) is 2.94. The summed E-state index contributed by atoms with van der Waals surface area (Å²) in [5.74, 6) is 2.01. The monoisotopic (exact) mass is 210 g/mol. The van der Waals surface area contributed by atoms with Crippen molar-refractivity contribution in [1.82, 2.24) is 0 Å². The Morgan fingerprint density at radius 3 is 2.33 bits per heavy atom. The van der Waals surface area contributed by atoms with E-state index in [-0.39, 0.29) is 0 Å². The van der Waals surface area contributed by atoms with Gasteiger partial charge in [-0.15, -0.1) is 0 Å². The van der Waals surface area contributed by atoms with Gasteiger partial charge in [-0.1, -0.05) is 46.0 Å². The molecular weight excluding hydrogens is 184 g/mol. The van der Waals surface area contributed by atoms with Crippen LogP contribution in [0.15, 0.2) is 0 Å². The van der Waals surface area contributed by atoms with Gasteiger partial charge in [0.2, 0.25) is 0 Å². The third-order valence-corrected chi connectivity index (χ3v) is 4.11. The fraction of sp³-hybridized carbons (Fsp3) is 0.929. The standard InChI is InChI=1S/C14H26O/c1-3-5-6-12-7-9-14(10-8-12)13(4-2)11-15/h11-14H,3-10H2,1-2H3. The molecule has 15 heavy (non-hydrogen) atoms. The smallest absolute Gasteiger partial charge is 0.123 e. The number of hydrogen-bond acceptors (Lipinski definition) is 1. The third kappa shape index (κ3) is 3.96. The first kappa shape index (κ1) is 12.7. The van der Waals surface area contributed by atoms with Gasteiger partial charge in [0, 0.05) is 5.92 Å². The van der Waals surface area contributed by atoms with Crippen molar-refractivity contribution < 1.29 is 4.79 Å². The largest absolute Gasteiger partial charge is 0.303 e. The van der Waals surface area contributed by atoms with Crippen LogP contribution in [-0.2, 0) is 4.79 Å². The van der Waals surface area contributed by atoms with Gasteiger partial charge in [0.15, 0.2) is 0 Å². The molecule has 0 radical (unpaired) electrons. The van der Waals surface area contributed by atoms with Crippen LogP contribution in [0.3, 0.4) is 0 Å². The molecule has 0 aromatic heterocycles. The van der Waals surface area contributed by atoms with Crippen LogP contribution in [0.4, 0.5) is 0 Å². The second-order valence-corrected chi connectivity index (χ2v) is 5.13. The molecule has 1 unspecified atom stereocenters. The second kappa shape index (κ2) is 7.03. The predicted molar refractivity (Wildman–Crippen MR) is 64.8 cm³/mol. The molecule has 0 N–H and O–H groups in total. The molecule has 0 bridgehead atoms. The van der Waals surface area contributed by atoms with Crippen LogP contribution in [0.5, 0.6) is 0 Å². The lowest BCUT2D eigenvalue weighted by molar-refractivity contribution is -0.113. The predicted octanol–water partition coefficient (Wildman–Crippen LogP) is 4.21. The Balaban J connectivity index is 2.25. The highest BCUT2D eigenvalue weighted by atomic mass is 16.1. The first-order chi connectivity index (χ1) is 7.31. The molecule has 1 fully saturated rings. The number of unbranched alkanes of at least 4 members (excludes halogenated alkanes) is 1. The van der Waals surface area contributed by atoms with Crippen molar-refractivity contribution in [2.45, 2.75) is 65.2 Å². The quantitative estimate of drug-likeness (QED) is 0.600. The Kier molecular flexibility index (Phi) is 5.97. The molecule has 1 saturated carbocycles. The van der Waals surface area contributed by atoms with Crippen molar-refractivity contribution in [3.8, 4) is 0 Å². The van der Waals surface area contributed by atoms with E-state index in [9.17, 15) is 4.79 Å². The summed E-state index contributed by atoms with van der Waals surface area (Å²) in [4.78, 5) is 10.9. The maximum absolute atomic E-state index is 10.9. The van der Waals surface area contributed by atoms with Gasteiger partial charge in [-0.3, -0.25) is 0 Å². The van der Waals surface area contributed by atoms with Crippen LogP contribution >= 0.6 is 0 Å². The number of carbonyl (C=O) groups excluding carboxylic acids is 1. The van der Waals surface area contributed by atoms with Crippen molar-refractivity contribution in [1.29, 1.82) is 0 Å². The van der Waals surface area contributed by atoms with Gasteiger partial charge in [-0.05, 0) is 31.1 Å². The van der Waals surface area contributed by atoms with Crippen molar-refractivity contribution >= 4 is 6.29 Å². The van der Waals surface area contributed by atoms with Crippen LogP contribution in [0.2, 0.25) is 0 Å². The van der Waals surface area contributed by atoms with E-state index in [1.165, 1.54) is 51.2 Å². The molecule has 88 valence electrons. The van der Waals surface area contributed by atoms with Crippen molar-refractivity contribution in [2.75, 3.05) is 0 Å². The first-order valence-corrected chi connectivity index (χ1v) is 6.77. The molecule has 0 aromatic rings. The van der Waals surface area contributed by atoms with Crippen LogP contribution in [0, 0.1) is 17.8 Å². The molecule has 1 aliphatic rings. The van der Waals surface area contributed by atoms with Gasteiger partial charge in [0.05, 0.1) is 0 Å². The van der Waals surface area contributed by atoms with E-state index in [1.807, 2.05) is 0 Å². The van der Waals surface area contributed by atoms with E-state index in [2.05, 4.69) is 13.8 Å². The van der Waals surface area contributed by atoms with Crippen molar-refractivity contribution in [3.05, 3.63) is 0 Å². The molecule has 0 heterocycles. The SMILES string of the molecule is CCCCC1CCC(C(C=O)CC)CC1. The summed E-state index contributed by atoms with van der Waals surface area (Å²) in [5.41, 5.74) is 0. The van der Waals surface area contributed by atoms with E-state index in [4.69, 9.17) is 0 Å². The molecule has 1 heteroatoms. The van der Waals surface area contributed by atoms with Crippen LogP contribution in [0.1, 0.15) is 65.2 Å². The highest BCUT2D eigenvalue weighted by molar-refractivity contribution is 5.53. The number of carbonyl (C=O) groups is 1. The summed E-state index contributed by atoms with van der Waals surface area (Å²) in [7, 11) is 0. The van der Waals surface area contributed by atoms with E-state index < -0.39 is 0 Å². The summed E-state index contributed by atoms with van der Waals surface area (Å²) in [6.45, 7) is 4.41. The summed E-state index contributed by atoms with van der Waals surface area (Å²) in [5, 5.41) is 0. The molecule has 0 amide bonds. The van der Waals surface area contributed by atoms with Gasteiger partial charge in [-0.25, -0.2) is 0 Å². The van der Waals surface area contributed by atoms with Gasteiger partial charge < -0.3 is 4.79 Å². The van der Waals surface area contributed by atoms with Gasteiger partial charge in [0.25, 0.3) is 0 Å².